The number of carboxylic acids is 1. The van der Waals surface area contributed by atoms with Crippen molar-refractivity contribution in [3.05, 3.63) is 22.4 Å². The van der Waals surface area contributed by atoms with Crippen molar-refractivity contribution in [1.82, 2.24) is 9.47 Å². The van der Waals surface area contributed by atoms with Crippen LogP contribution in [0.4, 0.5) is 0 Å². The minimum absolute atomic E-state index is 0.244. The molecule has 0 unspecified atom stereocenters. The Labute approximate surface area is 115 Å². The molecule has 5 nitrogen and oxygen atoms in total. The van der Waals surface area contributed by atoms with Crippen LogP contribution in [0, 0.1) is 0 Å². The van der Waals surface area contributed by atoms with Crippen molar-refractivity contribution in [2.45, 2.75) is 26.8 Å². The lowest BCUT2D eigenvalue weighted by molar-refractivity contribution is -0.137. The van der Waals surface area contributed by atoms with E-state index in [1.54, 1.807) is 10.6 Å². The zero-order valence-corrected chi connectivity index (χ0v) is 12.1. The zero-order chi connectivity index (χ0) is 13.7. The number of hydrogen-bond acceptors (Lipinski definition) is 2. The molecule has 1 rings (SSSR count). The normalized spacial score (nSPS) is 10.4. The Morgan fingerprint density at radius 3 is 2.61 bits per heavy atom. The van der Waals surface area contributed by atoms with E-state index in [9.17, 15) is 9.59 Å². The number of aryl methyl sites for hydroxylation is 1. The molecule has 0 saturated carbocycles. The van der Waals surface area contributed by atoms with Gasteiger partial charge in [0.1, 0.15) is 12.2 Å². The lowest BCUT2D eigenvalue weighted by Crippen LogP contribution is -2.37. The van der Waals surface area contributed by atoms with E-state index >= 15 is 0 Å². The van der Waals surface area contributed by atoms with Crippen LogP contribution in [0.5, 0.6) is 0 Å². The summed E-state index contributed by atoms with van der Waals surface area (Å²) in [6.07, 6.45) is 2.55. The van der Waals surface area contributed by atoms with E-state index in [0.717, 1.165) is 10.9 Å². The van der Waals surface area contributed by atoms with Crippen LogP contribution >= 0.6 is 15.9 Å². The van der Waals surface area contributed by atoms with Crippen molar-refractivity contribution in [2.75, 3.05) is 13.1 Å². The number of carbonyl (C=O) groups excluding carboxylic acids is 1. The molecule has 1 aromatic rings. The van der Waals surface area contributed by atoms with Crippen LogP contribution in [0.15, 0.2) is 16.7 Å². The van der Waals surface area contributed by atoms with Gasteiger partial charge in [0.05, 0.1) is 0 Å². The Kier molecular flexibility index (Phi) is 5.40. The van der Waals surface area contributed by atoms with Gasteiger partial charge in [0.25, 0.3) is 5.91 Å². The van der Waals surface area contributed by atoms with Crippen LogP contribution in [0.25, 0.3) is 0 Å². The maximum absolute atomic E-state index is 12.3. The highest BCUT2D eigenvalue weighted by molar-refractivity contribution is 9.10. The van der Waals surface area contributed by atoms with Crippen molar-refractivity contribution in [3.8, 4) is 0 Å². The second-order valence-electron chi connectivity index (χ2n) is 3.95. The van der Waals surface area contributed by atoms with Crippen LogP contribution in [0.3, 0.4) is 0 Å². The summed E-state index contributed by atoms with van der Waals surface area (Å²) in [6.45, 7) is 4.69. The molecule has 1 amide bonds. The fourth-order valence-electron chi connectivity index (χ4n) is 1.76. The standard InChI is InChI=1S/C12H17BrN2O3/c1-3-5-15(8-11(16)17)12(18)10-6-9(13)7-14(10)4-2/h6-7H,3-5,8H2,1-2H3,(H,16,17). The van der Waals surface area contributed by atoms with Crippen molar-refractivity contribution in [1.29, 1.82) is 0 Å². The molecule has 1 aromatic heterocycles. The van der Waals surface area contributed by atoms with Crippen LogP contribution < -0.4 is 0 Å². The predicted molar refractivity (Wildman–Crippen MR) is 71.6 cm³/mol. The van der Waals surface area contributed by atoms with E-state index in [0.29, 0.717) is 18.8 Å². The maximum Gasteiger partial charge on any atom is 0.323 e. The van der Waals surface area contributed by atoms with Crippen molar-refractivity contribution in [3.63, 3.8) is 0 Å². The number of halogens is 1. The van der Waals surface area contributed by atoms with Gasteiger partial charge in [0.15, 0.2) is 0 Å². The third kappa shape index (κ3) is 3.60. The van der Waals surface area contributed by atoms with Gasteiger partial charge in [-0.3, -0.25) is 9.59 Å². The van der Waals surface area contributed by atoms with E-state index < -0.39 is 5.97 Å². The summed E-state index contributed by atoms with van der Waals surface area (Å²) in [5.41, 5.74) is 0.513. The maximum atomic E-state index is 12.3. The molecule has 0 aliphatic rings. The second kappa shape index (κ2) is 6.58. The molecule has 0 bridgehead atoms. The molecule has 0 aliphatic heterocycles. The Morgan fingerprint density at radius 2 is 2.11 bits per heavy atom. The summed E-state index contributed by atoms with van der Waals surface area (Å²) >= 11 is 3.32. The number of carboxylic acid groups (broad SMARTS) is 1. The number of nitrogens with zero attached hydrogens (tertiary/aromatic N) is 2. The quantitative estimate of drug-likeness (QED) is 0.875. The minimum Gasteiger partial charge on any atom is -0.480 e. The monoisotopic (exact) mass is 316 g/mol. The number of rotatable bonds is 6. The molecule has 0 fully saturated rings. The highest BCUT2D eigenvalue weighted by Gasteiger charge is 2.21. The fourth-order valence-corrected chi connectivity index (χ4v) is 2.23. The van der Waals surface area contributed by atoms with E-state index in [-0.39, 0.29) is 12.5 Å². The Hall–Kier alpha value is -1.30. The van der Waals surface area contributed by atoms with Crippen LogP contribution in [0.2, 0.25) is 0 Å². The average Bonchev–Trinajstić information content (AvgIpc) is 2.68. The Bertz CT molecular complexity index is 443. The minimum atomic E-state index is -0.995. The lowest BCUT2D eigenvalue weighted by Gasteiger charge is -2.20. The van der Waals surface area contributed by atoms with Gasteiger partial charge in [-0.2, -0.15) is 0 Å². The number of aliphatic carboxylic acids is 1. The Balaban J connectivity index is 2.96. The summed E-state index contributed by atoms with van der Waals surface area (Å²) in [5.74, 6) is -1.24. The number of hydrogen-bond donors (Lipinski definition) is 1. The Morgan fingerprint density at radius 1 is 1.44 bits per heavy atom. The summed E-state index contributed by atoms with van der Waals surface area (Å²) in [7, 11) is 0. The number of aromatic nitrogens is 1. The average molecular weight is 317 g/mol. The first-order chi connectivity index (χ1) is 8.49. The van der Waals surface area contributed by atoms with E-state index in [1.807, 2.05) is 20.0 Å². The first-order valence-corrected chi connectivity index (χ1v) is 6.65. The first-order valence-electron chi connectivity index (χ1n) is 5.86. The topological polar surface area (TPSA) is 62.5 Å². The van der Waals surface area contributed by atoms with E-state index in [2.05, 4.69) is 15.9 Å². The lowest BCUT2D eigenvalue weighted by atomic mass is 10.3. The molecule has 100 valence electrons. The first kappa shape index (κ1) is 14.8. The summed E-state index contributed by atoms with van der Waals surface area (Å²) in [4.78, 5) is 24.4. The summed E-state index contributed by atoms with van der Waals surface area (Å²) in [6, 6.07) is 1.72. The fraction of sp³-hybridized carbons (Fsp3) is 0.500. The van der Waals surface area contributed by atoms with E-state index in [1.165, 1.54) is 4.90 Å². The molecule has 0 aliphatic carbocycles. The largest absolute Gasteiger partial charge is 0.480 e. The molecule has 0 spiro atoms. The predicted octanol–water partition coefficient (Wildman–Crippen LogP) is 2.21. The molecule has 1 N–H and O–H groups in total. The molecule has 0 atom stereocenters. The molecule has 0 aromatic carbocycles. The SMILES string of the molecule is CCCN(CC(=O)O)C(=O)c1cc(Br)cn1CC. The zero-order valence-electron chi connectivity index (χ0n) is 10.5. The highest BCUT2D eigenvalue weighted by atomic mass is 79.9. The third-order valence-corrected chi connectivity index (χ3v) is 2.96. The van der Waals surface area contributed by atoms with Gasteiger partial charge in [-0.1, -0.05) is 6.92 Å². The summed E-state index contributed by atoms with van der Waals surface area (Å²) in [5, 5.41) is 8.83. The third-order valence-electron chi connectivity index (χ3n) is 2.53. The molecule has 6 heteroatoms. The van der Waals surface area contributed by atoms with Crippen LogP contribution in [-0.4, -0.2) is 39.5 Å². The van der Waals surface area contributed by atoms with Gasteiger partial charge in [-0.15, -0.1) is 0 Å². The van der Waals surface area contributed by atoms with Crippen molar-refractivity contribution in [2.24, 2.45) is 0 Å². The smallest absolute Gasteiger partial charge is 0.323 e. The molecular weight excluding hydrogens is 300 g/mol. The van der Waals surface area contributed by atoms with Crippen LogP contribution in [-0.2, 0) is 11.3 Å². The number of amides is 1. The van der Waals surface area contributed by atoms with Gasteiger partial charge in [0.2, 0.25) is 0 Å². The van der Waals surface area contributed by atoms with Crippen molar-refractivity contribution >= 4 is 27.8 Å². The molecule has 0 radical (unpaired) electrons. The van der Waals surface area contributed by atoms with Gasteiger partial charge in [-0.25, -0.2) is 0 Å². The van der Waals surface area contributed by atoms with Gasteiger partial charge in [-0.05, 0) is 35.3 Å². The van der Waals surface area contributed by atoms with Gasteiger partial charge >= 0.3 is 5.97 Å². The molecule has 18 heavy (non-hydrogen) atoms. The van der Waals surface area contributed by atoms with Crippen LogP contribution in [0.1, 0.15) is 30.8 Å². The summed E-state index contributed by atoms with van der Waals surface area (Å²) < 4.78 is 2.62. The molecular formula is C12H17BrN2O3. The van der Waals surface area contributed by atoms with Gasteiger partial charge < -0.3 is 14.6 Å². The molecule has 1 heterocycles. The number of carbonyl (C=O) groups is 2. The van der Waals surface area contributed by atoms with E-state index in [4.69, 9.17) is 5.11 Å². The second-order valence-corrected chi connectivity index (χ2v) is 4.87. The van der Waals surface area contributed by atoms with Gasteiger partial charge in [0, 0.05) is 23.8 Å². The van der Waals surface area contributed by atoms with Crippen molar-refractivity contribution < 1.29 is 14.7 Å². The highest BCUT2D eigenvalue weighted by Crippen LogP contribution is 2.17. The molecule has 0 saturated heterocycles.